The average Bonchev–Trinajstić information content (AvgIpc) is 2.53. The van der Waals surface area contributed by atoms with Gasteiger partial charge in [-0.3, -0.25) is 14.6 Å². The van der Waals surface area contributed by atoms with Crippen LogP contribution in [0.1, 0.15) is 15.9 Å². The number of carbonyl (C=O) groups is 1. The first-order valence-electron chi connectivity index (χ1n) is 6.99. The van der Waals surface area contributed by atoms with Crippen LogP contribution in [0.15, 0.2) is 47.3 Å². The molecule has 0 bridgehead atoms. The van der Waals surface area contributed by atoms with E-state index in [0.29, 0.717) is 10.9 Å². The van der Waals surface area contributed by atoms with Crippen molar-refractivity contribution in [2.45, 2.75) is 6.18 Å². The highest BCUT2D eigenvalue weighted by Gasteiger charge is 2.30. The fraction of sp³-hybridized carbons (Fsp3) is 0.0625. The van der Waals surface area contributed by atoms with E-state index < -0.39 is 17.6 Å². The van der Waals surface area contributed by atoms with Gasteiger partial charge >= 0.3 is 6.18 Å². The van der Waals surface area contributed by atoms with Crippen molar-refractivity contribution >= 4 is 34.7 Å². The molecule has 0 fully saturated rings. The van der Waals surface area contributed by atoms with Gasteiger partial charge in [-0.2, -0.15) is 13.2 Å². The van der Waals surface area contributed by atoms with E-state index in [2.05, 4.69) is 15.3 Å². The lowest BCUT2D eigenvalue weighted by molar-refractivity contribution is -0.137. The van der Waals surface area contributed by atoms with Gasteiger partial charge in [-0.05, 0) is 54.7 Å². The molecule has 1 amide bonds. The number of nitrogens with one attached hydrogen (secondary N) is 3. The first-order chi connectivity index (χ1) is 11.7. The Hall–Kier alpha value is -2.94. The number of aromatic nitrogens is 2. The van der Waals surface area contributed by atoms with Crippen LogP contribution >= 0.6 is 12.2 Å². The maximum atomic E-state index is 12.5. The normalized spacial score (nSPS) is 11.5. The molecule has 0 aliphatic carbocycles. The zero-order valence-electron chi connectivity index (χ0n) is 12.4. The molecule has 3 N–H and O–H groups in total. The topological polar surface area (TPSA) is 77.8 Å². The van der Waals surface area contributed by atoms with Gasteiger partial charge in [-0.1, -0.05) is 0 Å². The summed E-state index contributed by atoms with van der Waals surface area (Å²) in [5.41, 5.74) is -0.356. The van der Waals surface area contributed by atoms with Gasteiger partial charge in [0.1, 0.15) is 0 Å². The average molecular weight is 365 g/mol. The van der Waals surface area contributed by atoms with Crippen LogP contribution in [0, 0.1) is 4.77 Å². The summed E-state index contributed by atoms with van der Waals surface area (Å²) in [4.78, 5) is 29.2. The molecule has 0 aliphatic heterocycles. The smallest absolute Gasteiger partial charge is 0.332 e. The second-order valence-corrected chi connectivity index (χ2v) is 5.61. The zero-order valence-corrected chi connectivity index (χ0v) is 13.2. The molecule has 5 nitrogen and oxygen atoms in total. The number of alkyl halides is 3. The molecule has 0 aliphatic rings. The standard InChI is InChI=1S/C16H10F3N3O2S/c17-16(18,19)9-2-4-10(5-3-9)20-13(23)8-1-6-11-12(7-8)21-15(25)22-14(11)24/h1-7H,(H,20,23)(H2,21,22,24,25). The van der Waals surface area contributed by atoms with E-state index in [1.165, 1.54) is 30.3 Å². The number of halogens is 3. The van der Waals surface area contributed by atoms with Gasteiger partial charge in [0.25, 0.3) is 11.5 Å². The molecule has 9 heteroatoms. The minimum Gasteiger partial charge on any atom is -0.332 e. The Bertz CT molecular complexity index is 1070. The van der Waals surface area contributed by atoms with Crippen molar-refractivity contribution in [2.24, 2.45) is 0 Å². The Morgan fingerprint density at radius 2 is 1.72 bits per heavy atom. The summed E-state index contributed by atoms with van der Waals surface area (Å²) >= 11 is 4.88. The molecule has 0 saturated heterocycles. The second-order valence-electron chi connectivity index (χ2n) is 5.20. The second kappa shape index (κ2) is 6.17. The number of H-pyrrole nitrogens is 2. The predicted molar refractivity (Wildman–Crippen MR) is 89.2 cm³/mol. The van der Waals surface area contributed by atoms with Crippen molar-refractivity contribution in [3.8, 4) is 0 Å². The van der Waals surface area contributed by atoms with Crippen LogP contribution in [0.2, 0.25) is 0 Å². The monoisotopic (exact) mass is 365 g/mol. The van der Waals surface area contributed by atoms with Gasteiger partial charge < -0.3 is 10.3 Å². The number of hydrogen-bond acceptors (Lipinski definition) is 3. The van der Waals surface area contributed by atoms with Gasteiger partial charge in [-0.25, -0.2) is 0 Å². The largest absolute Gasteiger partial charge is 0.416 e. The number of aromatic amines is 2. The van der Waals surface area contributed by atoms with Crippen molar-refractivity contribution in [3.63, 3.8) is 0 Å². The van der Waals surface area contributed by atoms with Gasteiger partial charge in [0, 0.05) is 11.3 Å². The van der Waals surface area contributed by atoms with Crippen molar-refractivity contribution < 1.29 is 18.0 Å². The van der Waals surface area contributed by atoms with Crippen LogP contribution < -0.4 is 10.9 Å². The molecule has 0 atom stereocenters. The van der Waals surface area contributed by atoms with E-state index in [-0.39, 0.29) is 21.6 Å². The molecular formula is C16H10F3N3O2S. The van der Waals surface area contributed by atoms with Crippen molar-refractivity contribution in [3.05, 3.63) is 68.7 Å². The lowest BCUT2D eigenvalue weighted by atomic mass is 10.1. The number of amides is 1. The maximum absolute atomic E-state index is 12.5. The minimum atomic E-state index is -4.44. The third kappa shape index (κ3) is 3.61. The molecule has 0 spiro atoms. The summed E-state index contributed by atoms with van der Waals surface area (Å²) in [5, 5.41) is 2.83. The van der Waals surface area contributed by atoms with E-state index in [0.717, 1.165) is 12.1 Å². The van der Waals surface area contributed by atoms with Crippen LogP contribution in [0.25, 0.3) is 10.9 Å². The first kappa shape index (κ1) is 16.9. The molecule has 2 aromatic carbocycles. The van der Waals surface area contributed by atoms with Crippen LogP contribution in [-0.4, -0.2) is 15.9 Å². The molecular weight excluding hydrogens is 355 g/mol. The van der Waals surface area contributed by atoms with Gasteiger partial charge in [0.15, 0.2) is 4.77 Å². The van der Waals surface area contributed by atoms with E-state index in [1.807, 2.05) is 0 Å². The highest BCUT2D eigenvalue weighted by molar-refractivity contribution is 7.71. The highest BCUT2D eigenvalue weighted by Crippen LogP contribution is 2.29. The Morgan fingerprint density at radius 1 is 1.04 bits per heavy atom. The SMILES string of the molecule is O=C(Nc1ccc(C(F)(F)F)cc1)c1ccc2c(=O)[nH]c(=S)[nH]c2c1. The van der Waals surface area contributed by atoms with Crippen LogP contribution in [0.5, 0.6) is 0 Å². The molecule has 3 rings (SSSR count). The lowest BCUT2D eigenvalue weighted by Crippen LogP contribution is -2.14. The molecule has 0 unspecified atom stereocenters. The number of anilines is 1. The van der Waals surface area contributed by atoms with Crippen molar-refractivity contribution in [1.82, 2.24) is 9.97 Å². The Kier molecular flexibility index (Phi) is 4.17. The van der Waals surface area contributed by atoms with Gasteiger partial charge in [-0.15, -0.1) is 0 Å². The van der Waals surface area contributed by atoms with Gasteiger partial charge in [0.2, 0.25) is 0 Å². The first-order valence-corrected chi connectivity index (χ1v) is 7.40. The molecule has 1 aromatic heterocycles. The van der Waals surface area contributed by atoms with Crippen molar-refractivity contribution in [2.75, 3.05) is 5.32 Å². The van der Waals surface area contributed by atoms with E-state index in [1.54, 1.807) is 0 Å². The van der Waals surface area contributed by atoms with Crippen LogP contribution in [-0.2, 0) is 6.18 Å². The quantitative estimate of drug-likeness (QED) is 0.604. The Labute approximate surface area is 143 Å². The summed E-state index contributed by atoms with van der Waals surface area (Å²) in [6.07, 6.45) is -4.44. The fourth-order valence-electron chi connectivity index (χ4n) is 2.26. The number of fused-ring (bicyclic) bond motifs is 1. The number of benzene rings is 2. The number of rotatable bonds is 2. The molecule has 1 heterocycles. The number of carbonyl (C=O) groups excluding carboxylic acids is 1. The Morgan fingerprint density at radius 3 is 2.36 bits per heavy atom. The summed E-state index contributed by atoms with van der Waals surface area (Å²) in [6.45, 7) is 0. The number of hydrogen-bond donors (Lipinski definition) is 3. The lowest BCUT2D eigenvalue weighted by Gasteiger charge is -2.09. The third-order valence-corrected chi connectivity index (χ3v) is 3.68. The van der Waals surface area contributed by atoms with E-state index in [4.69, 9.17) is 12.2 Å². The maximum Gasteiger partial charge on any atom is 0.416 e. The molecule has 0 radical (unpaired) electrons. The Balaban J connectivity index is 1.87. The van der Waals surface area contributed by atoms with Crippen LogP contribution in [0.4, 0.5) is 18.9 Å². The molecule has 25 heavy (non-hydrogen) atoms. The molecule has 128 valence electrons. The summed E-state index contributed by atoms with van der Waals surface area (Å²) in [5.74, 6) is -0.527. The molecule has 3 aromatic rings. The van der Waals surface area contributed by atoms with E-state index >= 15 is 0 Å². The van der Waals surface area contributed by atoms with E-state index in [9.17, 15) is 22.8 Å². The summed E-state index contributed by atoms with van der Waals surface area (Å²) < 4.78 is 37.7. The third-order valence-electron chi connectivity index (χ3n) is 3.47. The summed E-state index contributed by atoms with van der Waals surface area (Å²) in [6, 6.07) is 8.44. The summed E-state index contributed by atoms with van der Waals surface area (Å²) in [7, 11) is 0. The van der Waals surface area contributed by atoms with Crippen LogP contribution in [0.3, 0.4) is 0 Å². The van der Waals surface area contributed by atoms with Gasteiger partial charge in [0.05, 0.1) is 16.5 Å². The molecule has 0 saturated carbocycles. The minimum absolute atomic E-state index is 0.123. The highest BCUT2D eigenvalue weighted by atomic mass is 32.1. The predicted octanol–water partition coefficient (Wildman–Crippen LogP) is 3.86. The fourth-order valence-corrected chi connectivity index (χ4v) is 2.46. The zero-order chi connectivity index (χ0) is 18.2. The van der Waals surface area contributed by atoms with Crippen molar-refractivity contribution in [1.29, 1.82) is 0 Å².